The van der Waals surface area contributed by atoms with Gasteiger partial charge in [0.15, 0.2) is 5.41 Å². The summed E-state index contributed by atoms with van der Waals surface area (Å²) in [5, 5.41) is 39.4. The minimum atomic E-state index is -2.13. The third kappa shape index (κ3) is 2.43. The zero-order chi connectivity index (χ0) is 21.7. The number of ether oxygens (including phenoxy) is 2. The molecular formula is C22H20BrFN4O2. The first kappa shape index (κ1) is 20.8. The van der Waals surface area contributed by atoms with Crippen LogP contribution >= 0.6 is 15.9 Å². The molecule has 3 fully saturated rings. The average molecular weight is 471 g/mol. The lowest BCUT2D eigenvalue weighted by atomic mass is 9.50. The summed E-state index contributed by atoms with van der Waals surface area (Å²) in [6.07, 6.45) is 2.26. The van der Waals surface area contributed by atoms with Crippen molar-refractivity contribution < 1.29 is 13.9 Å². The quantitative estimate of drug-likeness (QED) is 0.657. The van der Waals surface area contributed by atoms with E-state index in [0.717, 1.165) is 19.3 Å². The van der Waals surface area contributed by atoms with Gasteiger partial charge < -0.3 is 9.47 Å². The Bertz CT molecular complexity index is 1030. The van der Waals surface area contributed by atoms with E-state index >= 15 is 0 Å². The van der Waals surface area contributed by atoms with Crippen LogP contribution in [0.15, 0.2) is 22.7 Å². The lowest BCUT2D eigenvalue weighted by molar-refractivity contribution is -0.299. The molecule has 0 spiro atoms. The third-order valence-corrected chi connectivity index (χ3v) is 7.45. The lowest BCUT2D eigenvalue weighted by Gasteiger charge is -2.52. The Morgan fingerprint density at radius 1 is 1.27 bits per heavy atom. The molecule has 2 saturated heterocycles. The highest BCUT2D eigenvalue weighted by atomic mass is 79.9. The number of hydrogen-bond acceptors (Lipinski definition) is 6. The monoisotopic (exact) mass is 470 g/mol. The van der Waals surface area contributed by atoms with Crippen molar-refractivity contribution in [1.29, 1.82) is 21.2 Å². The van der Waals surface area contributed by atoms with Gasteiger partial charge in [0, 0.05) is 16.5 Å². The maximum absolute atomic E-state index is 14.9. The van der Waals surface area contributed by atoms with Crippen LogP contribution in [0.4, 0.5) is 4.39 Å². The van der Waals surface area contributed by atoms with Crippen molar-refractivity contribution in [2.75, 3.05) is 0 Å². The Balaban J connectivity index is 1.96. The van der Waals surface area contributed by atoms with E-state index in [1.165, 1.54) is 18.2 Å². The lowest BCUT2D eigenvalue weighted by Crippen LogP contribution is -2.61. The summed E-state index contributed by atoms with van der Waals surface area (Å²) in [6.45, 7) is 2.08. The van der Waals surface area contributed by atoms with Crippen molar-refractivity contribution >= 4 is 21.8 Å². The van der Waals surface area contributed by atoms with E-state index in [0.29, 0.717) is 17.3 Å². The van der Waals surface area contributed by atoms with Crippen molar-refractivity contribution in [3.63, 3.8) is 0 Å². The molecule has 154 valence electrons. The molecule has 5 unspecified atom stereocenters. The maximum Gasteiger partial charge on any atom is 0.217 e. The van der Waals surface area contributed by atoms with E-state index in [1.807, 2.05) is 12.1 Å². The van der Waals surface area contributed by atoms with Crippen LogP contribution in [0, 0.1) is 67.9 Å². The van der Waals surface area contributed by atoms with Gasteiger partial charge in [-0.3, -0.25) is 5.41 Å². The zero-order valence-corrected chi connectivity index (χ0v) is 18.0. The highest BCUT2D eigenvalue weighted by molar-refractivity contribution is 9.10. The van der Waals surface area contributed by atoms with Crippen LogP contribution in [0.1, 0.15) is 50.7 Å². The van der Waals surface area contributed by atoms with Gasteiger partial charge in [-0.25, -0.2) is 4.39 Å². The van der Waals surface area contributed by atoms with Crippen LogP contribution in [-0.2, 0) is 9.47 Å². The van der Waals surface area contributed by atoms with Gasteiger partial charge in [-0.05, 0) is 37.0 Å². The number of benzene rings is 1. The summed E-state index contributed by atoms with van der Waals surface area (Å²) in [5.74, 6) is -2.74. The molecule has 1 aromatic carbocycles. The molecule has 5 atom stereocenters. The average Bonchev–Trinajstić information content (AvgIpc) is 2.94. The summed E-state index contributed by atoms with van der Waals surface area (Å²) in [7, 11) is 0. The molecule has 0 amide bonds. The molecule has 8 heteroatoms. The largest absolute Gasteiger partial charge is 0.447 e. The third-order valence-electron chi connectivity index (χ3n) is 6.96. The number of nitriles is 3. The summed E-state index contributed by atoms with van der Waals surface area (Å²) in [6, 6.07) is 10.3. The maximum atomic E-state index is 14.9. The SMILES string of the molecule is CCCC1CCC23OC(=N)C(C#N)(C2C1)C(C#N)(C#N)C(c1cc(Br)ccc1F)O3. The highest BCUT2D eigenvalue weighted by Gasteiger charge is 2.81. The van der Waals surface area contributed by atoms with Crippen molar-refractivity contribution in [2.45, 2.75) is 50.9 Å². The van der Waals surface area contributed by atoms with E-state index in [9.17, 15) is 20.2 Å². The van der Waals surface area contributed by atoms with E-state index in [1.54, 1.807) is 0 Å². The van der Waals surface area contributed by atoms with Gasteiger partial charge in [-0.15, -0.1) is 0 Å². The second kappa shape index (κ2) is 7.05. The van der Waals surface area contributed by atoms with E-state index in [4.69, 9.17) is 14.9 Å². The summed E-state index contributed by atoms with van der Waals surface area (Å²) >= 11 is 3.30. The van der Waals surface area contributed by atoms with Gasteiger partial charge >= 0.3 is 0 Å². The van der Waals surface area contributed by atoms with Gasteiger partial charge in [0.1, 0.15) is 11.9 Å². The number of halogens is 2. The topological polar surface area (TPSA) is 114 Å². The molecule has 2 heterocycles. The van der Waals surface area contributed by atoms with Crippen molar-refractivity contribution in [2.24, 2.45) is 22.7 Å². The second-order valence-corrected chi connectivity index (χ2v) is 9.26. The van der Waals surface area contributed by atoms with Crippen LogP contribution in [0.5, 0.6) is 0 Å². The van der Waals surface area contributed by atoms with E-state index in [2.05, 4.69) is 28.9 Å². The smallest absolute Gasteiger partial charge is 0.217 e. The highest BCUT2D eigenvalue weighted by Crippen LogP contribution is 2.70. The molecular weight excluding hydrogens is 451 g/mol. The summed E-state index contributed by atoms with van der Waals surface area (Å²) < 4.78 is 27.6. The first-order valence-electron chi connectivity index (χ1n) is 9.98. The Hall–Kier alpha value is -2.47. The predicted octanol–water partition coefficient (Wildman–Crippen LogP) is 5.12. The van der Waals surface area contributed by atoms with E-state index in [-0.39, 0.29) is 11.5 Å². The number of nitrogens with one attached hydrogen (secondary N) is 1. The molecule has 1 aromatic rings. The predicted molar refractivity (Wildman–Crippen MR) is 107 cm³/mol. The molecule has 4 rings (SSSR count). The molecule has 1 saturated carbocycles. The summed E-state index contributed by atoms with van der Waals surface area (Å²) in [4.78, 5) is 0. The van der Waals surface area contributed by atoms with E-state index < -0.39 is 40.4 Å². The molecule has 2 bridgehead atoms. The molecule has 6 nitrogen and oxygen atoms in total. The number of nitrogens with zero attached hydrogens (tertiary/aromatic N) is 3. The molecule has 1 N–H and O–H groups in total. The Kier molecular flexibility index (Phi) is 4.88. The van der Waals surface area contributed by atoms with Crippen molar-refractivity contribution in [3.05, 3.63) is 34.1 Å². The molecule has 0 radical (unpaired) electrons. The summed E-state index contributed by atoms with van der Waals surface area (Å²) in [5.41, 5.74) is -3.96. The Morgan fingerprint density at radius 2 is 2.00 bits per heavy atom. The van der Waals surface area contributed by atoms with Crippen molar-refractivity contribution in [3.8, 4) is 18.2 Å². The molecule has 2 aliphatic heterocycles. The van der Waals surface area contributed by atoms with Gasteiger partial charge in [0.05, 0.1) is 24.1 Å². The first-order valence-corrected chi connectivity index (χ1v) is 10.8. The van der Waals surface area contributed by atoms with Gasteiger partial charge in [0.2, 0.25) is 17.1 Å². The van der Waals surface area contributed by atoms with Crippen LogP contribution in [0.3, 0.4) is 0 Å². The van der Waals surface area contributed by atoms with Crippen LogP contribution < -0.4 is 0 Å². The van der Waals surface area contributed by atoms with Crippen molar-refractivity contribution in [1.82, 2.24) is 0 Å². The standard InChI is InChI=1S/C22H20BrFN4O2/c1-2-3-13-6-7-22-17(8-13)21(12-27,19(28)30-22)20(10-25,11-26)18(29-22)15-9-14(23)4-5-16(15)24/h4-5,9,13,17-18,28H,2-3,6-8H2,1H3. The Morgan fingerprint density at radius 3 is 2.63 bits per heavy atom. The molecule has 0 aromatic heterocycles. The minimum Gasteiger partial charge on any atom is -0.447 e. The fourth-order valence-electron chi connectivity index (χ4n) is 5.58. The molecule has 3 aliphatic rings. The van der Waals surface area contributed by atoms with Gasteiger partial charge in [-0.2, -0.15) is 15.8 Å². The number of rotatable bonds is 3. The molecule has 30 heavy (non-hydrogen) atoms. The Labute approximate surface area is 182 Å². The first-order chi connectivity index (χ1) is 14.3. The fraction of sp³-hybridized carbons (Fsp3) is 0.545. The fourth-order valence-corrected chi connectivity index (χ4v) is 5.96. The van der Waals surface area contributed by atoms with Crippen LogP contribution in [0.2, 0.25) is 0 Å². The minimum absolute atomic E-state index is 0.00101. The number of hydrogen-bond donors (Lipinski definition) is 1. The van der Waals surface area contributed by atoms with Gasteiger partial charge in [0.25, 0.3) is 0 Å². The van der Waals surface area contributed by atoms with Gasteiger partial charge in [-0.1, -0.05) is 35.7 Å². The second-order valence-electron chi connectivity index (χ2n) is 8.34. The van der Waals surface area contributed by atoms with Crippen LogP contribution in [0.25, 0.3) is 0 Å². The molecule has 1 aliphatic carbocycles. The van der Waals surface area contributed by atoms with Crippen LogP contribution in [-0.4, -0.2) is 11.7 Å². The zero-order valence-electron chi connectivity index (χ0n) is 16.4. The normalized spacial score (nSPS) is 36.0.